The molecule has 25 heavy (non-hydrogen) atoms. The first kappa shape index (κ1) is 19.1. The summed E-state index contributed by atoms with van der Waals surface area (Å²) in [6, 6.07) is 5.76. The van der Waals surface area contributed by atoms with Crippen LogP contribution in [0.3, 0.4) is 0 Å². The summed E-state index contributed by atoms with van der Waals surface area (Å²) in [5.74, 6) is 1.15. The summed E-state index contributed by atoms with van der Waals surface area (Å²) < 4.78 is 10.5. The minimum Gasteiger partial charge on any atom is -0.493 e. The summed E-state index contributed by atoms with van der Waals surface area (Å²) in [6.45, 7) is 2.32. The van der Waals surface area contributed by atoms with Crippen LogP contribution in [0.5, 0.6) is 11.5 Å². The fourth-order valence-corrected chi connectivity index (χ4v) is 3.08. The van der Waals surface area contributed by atoms with Crippen molar-refractivity contribution in [2.45, 2.75) is 19.3 Å². The Morgan fingerprint density at radius 3 is 2.48 bits per heavy atom. The van der Waals surface area contributed by atoms with Crippen LogP contribution in [0.4, 0.5) is 0 Å². The Balaban J connectivity index is 1.75. The lowest BCUT2D eigenvalue weighted by Gasteiger charge is -2.30. The van der Waals surface area contributed by atoms with Crippen LogP contribution in [0.1, 0.15) is 18.4 Å². The van der Waals surface area contributed by atoms with Gasteiger partial charge in [0.15, 0.2) is 11.5 Å². The van der Waals surface area contributed by atoms with Gasteiger partial charge in [0.1, 0.15) is 0 Å². The number of carbonyl (C=O) groups excluding carboxylic acids is 2. The maximum Gasteiger partial charge on any atom is 0.231 e. The summed E-state index contributed by atoms with van der Waals surface area (Å²) in [5.41, 5.74) is 6.28. The molecule has 7 nitrogen and oxygen atoms in total. The summed E-state index contributed by atoms with van der Waals surface area (Å²) >= 11 is 0. The summed E-state index contributed by atoms with van der Waals surface area (Å²) in [6.07, 6.45) is 2.25. The number of piperidine rings is 1. The molecule has 0 aromatic heterocycles. The molecule has 2 amide bonds. The third-order valence-corrected chi connectivity index (χ3v) is 4.50. The second-order valence-electron chi connectivity index (χ2n) is 6.25. The molecule has 0 bridgehead atoms. The number of carbonyl (C=O) groups is 2. The van der Waals surface area contributed by atoms with Gasteiger partial charge in [0.2, 0.25) is 11.8 Å². The average molecular weight is 349 g/mol. The number of nitrogens with zero attached hydrogens (tertiary/aromatic N) is 1. The molecule has 1 heterocycles. The van der Waals surface area contributed by atoms with Gasteiger partial charge in [-0.3, -0.25) is 14.5 Å². The maximum absolute atomic E-state index is 12.3. The van der Waals surface area contributed by atoms with Gasteiger partial charge in [-0.2, -0.15) is 0 Å². The van der Waals surface area contributed by atoms with Crippen molar-refractivity contribution >= 4 is 11.8 Å². The van der Waals surface area contributed by atoms with E-state index in [0.717, 1.165) is 37.9 Å². The van der Waals surface area contributed by atoms with Crippen LogP contribution in [-0.2, 0) is 16.0 Å². The van der Waals surface area contributed by atoms with Crippen molar-refractivity contribution in [1.29, 1.82) is 0 Å². The number of nitrogens with one attached hydrogen (secondary N) is 1. The highest BCUT2D eigenvalue weighted by Gasteiger charge is 2.25. The standard InChI is InChI=1S/C18H27N3O4/c1-24-15-4-3-13(11-16(15)25-2)5-8-20-18(23)14-6-9-21(10-7-14)12-17(19)22/h3-4,11,14H,5-10,12H2,1-2H3,(H2,19,22)(H,20,23). The third-order valence-electron chi connectivity index (χ3n) is 4.50. The smallest absolute Gasteiger partial charge is 0.231 e. The van der Waals surface area contributed by atoms with Crippen LogP contribution in [-0.4, -0.2) is 57.1 Å². The SMILES string of the molecule is COc1ccc(CCNC(=O)C2CCN(CC(N)=O)CC2)cc1OC. The third kappa shape index (κ3) is 5.63. The van der Waals surface area contributed by atoms with E-state index in [1.807, 2.05) is 23.1 Å². The molecule has 138 valence electrons. The van der Waals surface area contributed by atoms with Gasteiger partial charge in [0, 0.05) is 12.5 Å². The highest BCUT2D eigenvalue weighted by Crippen LogP contribution is 2.27. The number of hydrogen-bond donors (Lipinski definition) is 2. The van der Waals surface area contributed by atoms with Crippen LogP contribution in [0.15, 0.2) is 18.2 Å². The average Bonchev–Trinajstić information content (AvgIpc) is 2.61. The van der Waals surface area contributed by atoms with Crippen molar-refractivity contribution in [2.24, 2.45) is 11.7 Å². The summed E-state index contributed by atoms with van der Waals surface area (Å²) in [5, 5.41) is 3.00. The highest BCUT2D eigenvalue weighted by molar-refractivity contribution is 5.79. The molecule has 7 heteroatoms. The zero-order chi connectivity index (χ0) is 18.2. The van der Waals surface area contributed by atoms with E-state index < -0.39 is 0 Å². The fraction of sp³-hybridized carbons (Fsp3) is 0.556. The largest absolute Gasteiger partial charge is 0.493 e. The Hall–Kier alpha value is -2.28. The van der Waals surface area contributed by atoms with Gasteiger partial charge < -0.3 is 20.5 Å². The summed E-state index contributed by atoms with van der Waals surface area (Å²) in [7, 11) is 3.21. The minimum absolute atomic E-state index is 0.00882. The van der Waals surface area contributed by atoms with E-state index in [2.05, 4.69) is 5.32 Å². The number of rotatable bonds is 8. The second-order valence-corrected chi connectivity index (χ2v) is 6.25. The Kier molecular flexibility index (Phi) is 7.06. The number of likely N-dealkylation sites (tertiary alicyclic amines) is 1. The van der Waals surface area contributed by atoms with E-state index in [1.165, 1.54) is 0 Å². The summed E-state index contributed by atoms with van der Waals surface area (Å²) in [4.78, 5) is 25.2. The van der Waals surface area contributed by atoms with Gasteiger partial charge in [0.05, 0.1) is 20.8 Å². The van der Waals surface area contributed by atoms with E-state index in [0.29, 0.717) is 18.0 Å². The number of hydrogen-bond acceptors (Lipinski definition) is 5. The second kappa shape index (κ2) is 9.27. The maximum atomic E-state index is 12.3. The minimum atomic E-state index is -0.321. The molecular formula is C18H27N3O4. The zero-order valence-corrected chi connectivity index (χ0v) is 14.9. The van der Waals surface area contributed by atoms with Crippen LogP contribution in [0.2, 0.25) is 0 Å². The van der Waals surface area contributed by atoms with Gasteiger partial charge >= 0.3 is 0 Å². The van der Waals surface area contributed by atoms with Gasteiger partial charge in [0.25, 0.3) is 0 Å². The lowest BCUT2D eigenvalue weighted by atomic mass is 9.96. The molecule has 0 spiro atoms. The normalized spacial score (nSPS) is 15.6. The molecule has 1 aromatic carbocycles. The molecule has 2 rings (SSSR count). The molecule has 0 saturated carbocycles. The Morgan fingerprint density at radius 1 is 1.20 bits per heavy atom. The number of benzene rings is 1. The lowest BCUT2D eigenvalue weighted by Crippen LogP contribution is -2.43. The van der Waals surface area contributed by atoms with E-state index in [-0.39, 0.29) is 24.3 Å². The van der Waals surface area contributed by atoms with Crippen molar-refractivity contribution in [3.8, 4) is 11.5 Å². The highest BCUT2D eigenvalue weighted by atomic mass is 16.5. The van der Waals surface area contributed by atoms with Crippen molar-refractivity contribution < 1.29 is 19.1 Å². The molecule has 0 atom stereocenters. The van der Waals surface area contributed by atoms with E-state index in [1.54, 1.807) is 14.2 Å². The van der Waals surface area contributed by atoms with Crippen LogP contribution >= 0.6 is 0 Å². The molecule has 1 aliphatic heterocycles. The van der Waals surface area contributed by atoms with Crippen molar-refractivity contribution in [2.75, 3.05) is 40.4 Å². The molecule has 1 saturated heterocycles. The first-order chi connectivity index (χ1) is 12.0. The monoisotopic (exact) mass is 349 g/mol. The number of methoxy groups -OCH3 is 2. The fourth-order valence-electron chi connectivity index (χ4n) is 3.08. The van der Waals surface area contributed by atoms with E-state index >= 15 is 0 Å². The predicted molar refractivity (Wildman–Crippen MR) is 94.6 cm³/mol. The Morgan fingerprint density at radius 2 is 1.88 bits per heavy atom. The van der Waals surface area contributed by atoms with Gasteiger partial charge in [-0.1, -0.05) is 6.07 Å². The van der Waals surface area contributed by atoms with E-state index in [4.69, 9.17) is 15.2 Å². The molecule has 0 unspecified atom stereocenters. The first-order valence-corrected chi connectivity index (χ1v) is 8.52. The Labute approximate surface area is 148 Å². The number of nitrogens with two attached hydrogens (primary N) is 1. The lowest BCUT2D eigenvalue weighted by molar-refractivity contribution is -0.126. The zero-order valence-electron chi connectivity index (χ0n) is 14.9. The number of ether oxygens (including phenoxy) is 2. The van der Waals surface area contributed by atoms with Crippen molar-refractivity contribution in [3.63, 3.8) is 0 Å². The van der Waals surface area contributed by atoms with Gasteiger partial charge in [-0.05, 0) is 50.0 Å². The molecule has 3 N–H and O–H groups in total. The van der Waals surface area contributed by atoms with Crippen LogP contribution in [0, 0.1) is 5.92 Å². The van der Waals surface area contributed by atoms with Crippen LogP contribution in [0.25, 0.3) is 0 Å². The van der Waals surface area contributed by atoms with Gasteiger partial charge in [-0.15, -0.1) is 0 Å². The molecule has 0 aliphatic carbocycles. The Bertz CT molecular complexity index is 598. The molecule has 1 aliphatic rings. The van der Waals surface area contributed by atoms with E-state index in [9.17, 15) is 9.59 Å². The quantitative estimate of drug-likeness (QED) is 0.715. The molecule has 1 fully saturated rings. The molecule has 0 radical (unpaired) electrons. The first-order valence-electron chi connectivity index (χ1n) is 8.52. The predicted octanol–water partition coefficient (Wildman–Crippen LogP) is 0.560. The van der Waals surface area contributed by atoms with Crippen molar-refractivity contribution in [3.05, 3.63) is 23.8 Å². The molecular weight excluding hydrogens is 322 g/mol. The topological polar surface area (TPSA) is 93.9 Å². The number of amides is 2. The number of primary amides is 1. The van der Waals surface area contributed by atoms with Crippen molar-refractivity contribution in [1.82, 2.24) is 10.2 Å². The van der Waals surface area contributed by atoms with Crippen LogP contribution < -0.4 is 20.5 Å². The van der Waals surface area contributed by atoms with Gasteiger partial charge in [-0.25, -0.2) is 0 Å². The molecule has 1 aromatic rings.